The van der Waals surface area contributed by atoms with Gasteiger partial charge in [-0.25, -0.2) is 4.79 Å². The van der Waals surface area contributed by atoms with Crippen LogP contribution in [-0.4, -0.2) is 42.8 Å². The molecule has 0 saturated heterocycles. The summed E-state index contributed by atoms with van der Waals surface area (Å²) in [6.07, 6.45) is 1.32. The molecule has 0 aliphatic carbocycles. The minimum absolute atomic E-state index is 0.226. The SMILES string of the molecule is CCC(CC)C(O)CNC(=O)Nc1cccc(CN(C)C)c1. The number of aliphatic hydroxyl groups excluding tert-OH is 1. The van der Waals surface area contributed by atoms with Crippen LogP contribution in [0.2, 0.25) is 0 Å². The van der Waals surface area contributed by atoms with Gasteiger partial charge in [-0.15, -0.1) is 0 Å². The Balaban J connectivity index is 2.48. The molecule has 5 heteroatoms. The fourth-order valence-corrected chi connectivity index (χ4v) is 2.48. The van der Waals surface area contributed by atoms with Crippen LogP contribution in [0.1, 0.15) is 32.3 Å². The summed E-state index contributed by atoms with van der Waals surface area (Å²) < 4.78 is 0. The summed E-state index contributed by atoms with van der Waals surface area (Å²) in [6.45, 7) is 5.20. The third-order valence-electron chi connectivity index (χ3n) is 3.75. The van der Waals surface area contributed by atoms with Gasteiger partial charge in [-0.3, -0.25) is 0 Å². The molecule has 0 spiro atoms. The molecule has 0 heterocycles. The van der Waals surface area contributed by atoms with Gasteiger partial charge in [0.1, 0.15) is 0 Å². The molecule has 1 rings (SSSR count). The zero-order valence-corrected chi connectivity index (χ0v) is 14.1. The second-order valence-electron chi connectivity index (χ2n) is 5.92. The van der Waals surface area contributed by atoms with E-state index in [2.05, 4.69) is 15.5 Å². The molecule has 0 fully saturated rings. The van der Waals surface area contributed by atoms with E-state index in [1.807, 2.05) is 52.2 Å². The lowest BCUT2D eigenvalue weighted by molar-refractivity contribution is 0.104. The molecule has 0 aromatic heterocycles. The van der Waals surface area contributed by atoms with E-state index in [1.165, 1.54) is 0 Å². The molecule has 0 bridgehead atoms. The largest absolute Gasteiger partial charge is 0.391 e. The van der Waals surface area contributed by atoms with Gasteiger partial charge in [-0.2, -0.15) is 0 Å². The van der Waals surface area contributed by atoms with E-state index >= 15 is 0 Å². The number of carbonyl (C=O) groups excluding carboxylic acids is 1. The normalized spacial score (nSPS) is 12.5. The van der Waals surface area contributed by atoms with E-state index in [4.69, 9.17) is 0 Å². The number of urea groups is 1. The highest BCUT2D eigenvalue weighted by molar-refractivity contribution is 5.89. The number of hydrogen-bond acceptors (Lipinski definition) is 3. The molecular weight excluding hydrogens is 278 g/mol. The quantitative estimate of drug-likeness (QED) is 0.692. The molecule has 1 aromatic rings. The predicted octanol–water partition coefficient (Wildman–Crippen LogP) is 2.67. The summed E-state index contributed by atoms with van der Waals surface area (Å²) in [5, 5.41) is 15.6. The van der Waals surface area contributed by atoms with Crippen LogP contribution in [0.4, 0.5) is 10.5 Å². The van der Waals surface area contributed by atoms with Crippen molar-refractivity contribution in [1.29, 1.82) is 0 Å². The van der Waals surface area contributed by atoms with Gasteiger partial charge in [-0.1, -0.05) is 38.8 Å². The number of amides is 2. The molecule has 0 radical (unpaired) electrons. The standard InChI is InChI=1S/C17H29N3O2/c1-5-14(6-2)16(21)11-18-17(22)19-15-9-7-8-13(10-15)12-20(3)4/h7-10,14,16,21H,5-6,11-12H2,1-4H3,(H2,18,19,22). The van der Waals surface area contributed by atoms with Gasteiger partial charge in [0.2, 0.25) is 0 Å². The van der Waals surface area contributed by atoms with E-state index in [0.717, 1.165) is 30.6 Å². The Bertz CT molecular complexity index is 459. The summed E-state index contributed by atoms with van der Waals surface area (Å²) in [4.78, 5) is 14.0. The highest BCUT2D eigenvalue weighted by Gasteiger charge is 2.16. The summed E-state index contributed by atoms with van der Waals surface area (Å²) in [6, 6.07) is 7.48. The van der Waals surface area contributed by atoms with Crippen molar-refractivity contribution in [1.82, 2.24) is 10.2 Å². The molecule has 3 N–H and O–H groups in total. The predicted molar refractivity (Wildman–Crippen MR) is 90.9 cm³/mol. The molecule has 124 valence electrons. The first-order valence-electron chi connectivity index (χ1n) is 7.92. The van der Waals surface area contributed by atoms with Crippen LogP contribution < -0.4 is 10.6 Å². The third-order valence-corrected chi connectivity index (χ3v) is 3.75. The lowest BCUT2D eigenvalue weighted by Crippen LogP contribution is -2.38. The molecule has 1 unspecified atom stereocenters. The number of aliphatic hydroxyl groups is 1. The molecule has 5 nitrogen and oxygen atoms in total. The fraction of sp³-hybridized carbons (Fsp3) is 0.588. The number of benzene rings is 1. The van der Waals surface area contributed by atoms with Crippen molar-refractivity contribution < 1.29 is 9.90 Å². The van der Waals surface area contributed by atoms with Crippen molar-refractivity contribution in [2.75, 3.05) is 26.0 Å². The van der Waals surface area contributed by atoms with Crippen LogP contribution >= 0.6 is 0 Å². The summed E-state index contributed by atoms with van der Waals surface area (Å²) in [7, 11) is 4.01. The maximum absolute atomic E-state index is 11.9. The molecule has 1 aromatic carbocycles. The molecular formula is C17H29N3O2. The van der Waals surface area contributed by atoms with Crippen LogP contribution in [0.25, 0.3) is 0 Å². The van der Waals surface area contributed by atoms with Gasteiger partial charge in [0.25, 0.3) is 0 Å². The molecule has 0 saturated carbocycles. The summed E-state index contributed by atoms with van der Waals surface area (Å²) >= 11 is 0. The van der Waals surface area contributed by atoms with Crippen LogP contribution in [0, 0.1) is 5.92 Å². The average Bonchev–Trinajstić information content (AvgIpc) is 2.46. The van der Waals surface area contributed by atoms with Crippen molar-refractivity contribution in [2.45, 2.75) is 39.3 Å². The van der Waals surface area contributed by atoms with Crippen molar-refractivity contribution in [3.8, 4) is 0 Å². The Kier molecular flexibility index (Phi) is 7.91. The zero-order valence-electron chi connectivity index (χ0n) is 14.1. The molecule has 2 amide bonds. The first-order valence-corrected chi connectivity index (χ1v) is 7.92. The van der Waals surface area contributed by atoms with Crippen molar-refractivity contribution in [3.63, 3.8) is 0 Å². The lowest BCUT2D eigenvalue weighted by Gasteiger charge is -2.20. The van der Waals surface area contributed by atoms with E-state index in [0.29, 0.717) is 0 Å². The number of nitrogens with one attached hydrogen (secondary N) is 2. The number of anilines is 1. The Hall–Kier alpha value is -1.59. The van der Waals surface area contributed by atoms with E-state index < -0.39 is 6.10 Å². The number of rotatable bonds is 8. The Labute approximate surface area is 133 Å². The smallest absolute Gasteiger partial charge is 0.319 e. The number of nitrogens with zero attached hydrogens (tertiary/aromatic N) is 1. The molecule has 0 aliphatic heterocycles. The van der Waals surface area contributed by atoms with Gasteiger partial charge in [0, 0.05) is 18.8 Å². The maximum atomic E-state index is 11.9. The second-order valence-corrected chi connectivity index (χ2v) is 5.92. The van der Waals surface area contributed by atoms with Crippen LogP contribution in [0.5, 0.6) is 0 Å². The minimum atomic E-state index is -0.499. The van der Waals surface area contributed by atoms with Crippen molar-refractivity contribution in [3.05, 3.63) is 29.8 Å². The topological polar surface area (TPSA) is 64.6 Å². The molecule has 0 aliphatic rings. The van der Waals surface area contributed by atoms with Crippen molar-refractivity contribution >= 4 is 11.7 Å². The third kappa shape index (κ3) is 6.45. The summed E-state index contributed by atoms with van der Waals surface area (Å²) in [5.41, 5.74) is 1.90. The zero-order chi connectivity index (χ0) is 16.5. The highest BCUT2D eigenvalue weighted by Crippen LogP contribution is 2.13. The highest BCUT2D eigenvalue weighted by atomic mass is 16.3. The van der Waals surface area contributed by atoms with Crippen LogP contribution in [0.3, 0.4) is 0 Å². The van der Waals surface area contributed by atoms with Crippen molar-refractivity contribution in [2.24, 2.45) is 5.92 Å². The molecule has 1 atom stereocenters. The Morgan fingerprint density at radius 3 is 2.55 bits per heavy atom. The monoisotopic (exact) mass is 307 g/mol. The van der Waals surface area contributed by atoms with Gasteiger partial charge in [-0.05, 0) is 37.7 Å². The average molecular weight is 307 g/mol. The lowest BCUT2D eigenvalue weighted by atomic mass is 9.97. The maximum Gasteiger partial charge on any atom is 0.319 e. The van der Waals surface area contributed by atoms with E-state index in [-0.39, 0.29) is 18.5 Å². The number of carbonyl (C=O) groups is 1. The summed E-state index contributed by atoms with van der Waals surface area (Å²) in [5.74, 6) is 0.226. The fourth-order valence-electron chi connectivity index (χ4n) is 2.48. The van der Waals surface area contributed by atoms with Gasteiger partial charge >= 0.3 is 6.03 Å². The Morgan fingerprint density at radius 1 is 1.27 bits per heavy atom. The van der Waals surface area contributed by atoms with Crippen LogP contribution in [0.15, 0.2) is 24.3 Å². The Morgan fingerprint density at radius 2 is 1.95 bits per heavy atom. The first kappa shape index (κ1) is 18.5. The van der Waals surface area contributed by atoms with E-state index in [1.54, 1.807) is 0 Å². The minimum Gasteiger partial charge on any atom is -0.391 e. The number of hydrogen-bond donors (Lipinski definition) is 3. The molecule has 22 heavy (non-hydrogen) atoms. The second kappa shape index (κ2) is 9.43. The van der Waals surface area contributed by atoms with Crippen LogP contribution in [-0.2, 0) is 6.54 Å². The van der Waals surface area contributed by atoms with Gasteiger partial charge in [0.05, 0.1) is 6.10 Å². The van der Waals surface area contributed by atoms with E-state index in [9.17, 15) is 9.90 Å². The van der Waals surface area contributed by atoms with Gasteiger partial charge < -0.3 is 20.6 Å². The first-order chi connectivity index (χ1) is 10.5. The van der Waals surface area contributed by atoms with Gasteiger partial charge in [0.15, 0.2) is 0 Å².